The van der Waals surface area contributed by atoms with E-state index in [1.165, 1.54) is 5.56 Å². The fraction of sp³-hybridized carbons (Fsp3) is 0.375. The number of aromatic amines is 1. The highest BCUT2D eigenvalue weighted by Gasteiger charge is 2.21. The molecule has 0 aliphatic rings. The number of likely N-dealkylation sites (N-methyl/N-ethyl adjacent to an activating group) is 1. The van der Waals surface area contributed by atoms with E-state index in [0.717, 1.165) is 52.7 Å². The number of hydrogen-bond acceptors (Lipinski definition) is 3. The number of nitrogens with one attached hydrogen (secondary N) is 1. The predicted octanol–water partition coefficient (Wildman–Crippen LogP) is 6.04. The van der Waals surface area contributed by atoms with Crippen molar-refractivity contribution in [2.24, 2.45) is 0 Å². The molecule has 29 heavy (non-hydrogen) atoms. The third kappa shape index (κ3) is 4.90. The first kappa shape index (κ1) is 21.6. The van der Waals surface area contributed by atoms with Gasteiger partial charge >= 0.3 is 5.97 Å². The molecule has 0 aliphatic carbocycles. The number of carbonyl (C=O) groups excluding carboxylic acids is 1. The van der Waals surface area contributed by atoms with Crippen molar-refractivity contribution in [3.63, 3.8) is 0 Å². The van der Waals surface area contributed by atoms with Crippen molar-refractivity contribution >= 4 is 32.8 Å². The average molecular weight is 457 g/mol. The van der Waals surface area contributed by atoms with Crippen molar-refractivity contribution < 1.29 is 9.53 Å². The first-order valence-corrected chi connectivity index (χ1v) is 11.0. The minimum Gasteiger partial charge on any atom is -0.454 e. The molecule has 1 aromatic heterocycles. The molecule has 3 aromatic rings. The van der Waals surface area contributed by atoms with Gasteiger partial charge in [-0.3, -0.25) is 0 Å². The maximum absolute atomic E-state index is 13.0. The van der Waals surface area contributed by atoms with Crippen LogP contribution in [0, 0.1) is 6.92 Å². The van der Waals surface area contributed by atoms with Gasteiger partial charge in [-0.25, -0.2) is 4.79 Å². The van der Waals surface area contributed by atoms with E-state index in [-0.39, 0.29) is 12.1 Å². The zero-order chi connectivity index (χ0) is 21.0. The third-order valence-electron chi connectivity index (χ3n) is 5.49. The molecule has 4 nitrogen and oxygen atoms in total. The minimum atomic E-state index is -0.340. The van der Waals surface area contributed by atoms with E-state index in [4.69, 9.17) is 4.74 Å². The Balaban J connectivity index is 1.84. The lowest BCUT2D eigenvalue weighted by molar-refractivity contribution is 0.0338. The maximum atomic E-state index is 13.0. The number of halogens is 1. The Hall–Kier alpha value is -2.11. The van der Waals surface area contributed by atoms with Crippen LogP contribution in [-0.4, -0.2) is 35.5 Å². The molecule has 0 saturated heterocycles. The molecule has 0 radical (unpaired) electrons. The Bertz CT molecular complexity index is 992. The van der Waals surface area contributed by atoms with Crippen LogP contribution in [0.15, 0.2) is 46.9 Å². The minimum absolute atomic E-state index is 0.294. The summed E-state index contributed by atoms with van der Waals surface area (Å²) in [5.41, 5.74) is 4.62. The van der Waals surface area contributed by atoms with E-state index in [9.17, 15) is 4.79 Å². The topological polar surface area (TPSA) is 45.3 Å². The zero-order valence-electron chi connectivity index (χ0n) is 17.6. The molecular weight excluding hydrogens is 428 g/mol. The fourth-order valence-electron chi connectivity index (χ4n) is 3.71. The molecule has 0 spiro atoms. The van der Waals surface area contributed by atoms with Gasteiger partial charge in [0.05, 0.1) is 5.56 Å². The van der Waals surface area contributed by atoms with Crippen LogP contribution in [-0.2, 0) is 11.2 Å². The van der Waals surface area contributed by atoms with Crippen LogP contribution in [0.4, 0.5) is 0 Å². The average Bonchev–Trinajstić information content (AvgIpc) is 3.04. The quantitative estimate of drug-likeness (QED) is 0.420. The molecule has 1 atom stereocenters. The van der Waals surface area contributed by atoms with Crippen LogP contribution < -0.4 is 0 Å². The molecule has 3 rings (SSSR count). The van der Waals surface area contributed by atoms with Gasteiger partial charge in [0.25, 0.3) is 0 Å². The Morgan fingerprint density at radius 2 is 1.90 bits per heavy atom. The molecule has 1 unspecified atom stereocenters. The lowest BCUT2D eigenvalue weighted by Crippen LogP contribution is -2.25. The van der Waals surface area contributed by atoms with Crippen molar-refractivity contribution in [3.05, 3.63) is 69.3 Å². The first-order chi connectivity index (χ1) is 13.9. The van der Waals surface area contributed by atoms with Gasteiger partial charge in [0.2, 0.25) is 0 Å². The standard InChI is InChI=1S/C24H29BrN2O2/c1-5-27(6-2)14-13-18-11-12-22-20(15-18)23(16(3)26-22)24(28)29-17(4)19-9-7-8-10-21(19)25/h7-12,15,17,26H,5-6,13-14H2,1-4H3. The number of fused-ring (bicyclic) bond motifs is 1. The van der Waals surface area contributed by atoms with E-state index < -0.39 is 0 Å². The lowest BCUT2D eigenvalue weighted by atomic mass is 10.1. The Kier molecular flexibility index (Phi) is 7.14. The molecule has 1 heterocycles. The van der Waals surface area contributed by atoms with Crippen LogP contribution >= 0.6 is 15.9 Å². The van der Waals surface area contributed by atoms with Crippen molar-refractivity contribution in [1.29, 1.82) is 0 Å². The van der Waals surface area contributed by atoms with Gasteiger partial charge in [0, 0.05) is 33.2 Å². The molecule has 5 heteroatoms. The number of hydrogen-bond donors (Lipinski definition) is 1. The van der Waals surface area contributed by atoms with Crippen molar-refractivity contribution in [3.8, 4) is 0 Å². The normalized spacial score (nSPS) is 12.5. The summed E-state index contributed by atoms with van der Waals surface area (Å²) < 4.78 is 6.77. The second-order valence-electron chi connectivity index (χ2n) is 7.35. The number of ether oxygens (including phenoxy) is 1. The lowest BCUT2D eigenvalue weighted by Gasteiger charge is -2.17. The van der Waals surface area contributed by atoms with E-state index in [1.54, 1.807) is 0 Å². The highest BCUT2D eigenvalue weighted by molar-refractivity contribution is 9.10. The number of nitrogens with zero attached hydrogens (tertiary/aromatic N) is 1. The highest BCUT2D eigenvalue weighted by atomic mass is 79.9. The van der Waals surface area contributed by atoms with E-state index in [1.807, 2.05) is 38.1 Å². The second-order valence-corrected chi connectivity index (χ2v) is 8.21. The van der Waals surface area contributed by atoms with Crippen LogP contribution in [0.2, 0.25) is 0 Å². The largest absolute Gasteiger partial charge is 0.454 e. The van der Waals surface area contributed by atoms with Crippen molar-refractivity contribution in [1.82, 2.24) is 9.88 Å². The summed E-state index contributed by atoms with van der Waals surface area (Å²) in [5, 5.41) is 0.934. The third-order valence-corrected chi connectivity index (χ3v) is 6.21. The summed E-state index contributed by atoms with van der Waals surface area (Å²) in [5.74, 6) is -0.294. The molecule has 0 fully saturated rings. The molecule has 0 amide bonds. The van der Waals surface area contributed by atoms with Crippen LogP contribution in [0.3, 0.4) is 0 Å². The van der Waals surface area contributed by atoms with E-state index in [2.05, 4.69) is 57.9 Å². The fourth-order valence-corrected chi connectivity index (χ4v) is 4.31. The molecule has 0 bridgehead atoms. The van der Waals surface area contributed by atoms with Gasteiger partial charge in [-0.05, 0) is 57.1 Å². The van der Waals surface area contributed by atoms with Gasteiger partial charge in [0.15, 0.2) is 0 Å². The number of aryl methyl sites for hydroxylation is 1. The van der Waals surface area contributed by atoms with Crippen molar-refractivity contribution in [2.75, 3.05) is 19.6 Å². The summed E-state index contributed by atoms with van der Waals surface area (Å²) >= 11 is 3.54. The number of aromatic nitrogens is 1. The van der Waals surface area contributed by atoms with Gasteiger partial charge in [-0.2, -0.15) is 0 Å². The Labute approximate surface area is 181 Å². The van der Waals surface area contributed by atoms with Gasteiger partial charge < -0.3 is 14.6 Å². The van der Waals surface area contributed by atoms with E-state index in [0.29, 0.717) is 5.56 Å². The number of carbonyl (C=O) groups is 1. The van der Waals surface area contributed by atoms with E-state index >= 15 is 0 Å². The summed E-state index contributed by atoms with van der Waals surface area (Å²) in [6.07, 6.45) is 0.622. The zero-order valence-corrected chi connectivity index (χ0v) is 19.2. The number of H-pyrrole nitrogens is 1. The Morgan fingerprint density at radius 3 is 2.59 bits per heavy atom. The Morgan fingerprint density at radius 1 is 1.17 bits per heavy atom. The number of esters is 1. The number of benzene rings is 2. The molecule has 0 aliphatic heterocycles. The molecule has 154 valence electrons. The summed E-state index contributed by atoms with van der Waals surface area (Å²) in [6.45, 7) is 11.3. The molecule has 0 saturated carbocycles. The summed E-state index contributed by atoms with van der Waals surface area (Å²) in [6, 6.07) is 14.2. The SMILES string of the molecule is CCN(CC)CCc1ccc2[nH]c(C)c(C(=O)OC(C)c3ccccc3Br)c2c1. The summed E-state index contributed by atoms with van der Waals surface area (Å²) in [7, 11) is 0. The first-order valence-electron chi connectivity index (χ1n) is 10.2. The van der Waals surface area contributed by atoms with Crippen molar-refractivity contribution in [2.45, 2.75) is 40.2 Å². The molecular formula is C24H29BrN2O2. The maximum Gasteiger partial charge on any atom is 0.341 e. The van der Waals surface area contributed by atoms with Crippen LogP contribution in [0.1, 0.15) is 54.1 Å². The van der Waals surface area contributed by atoms with Crippen LogP contribution in [0.25, 0.3) is 10.9 Å². The summed E-state index contributed by atoms with van der Waals surface area (Å²) in [4.78, 5) is 18.8. The predicted molar refractivity (Wildman–Crippen MR) is 123 cm³/mol. The van der Waals surface area contributed by atoms with Gasteiger partial charge in [-0.15, -0.1) is 0 Å². The number of rotatable bonds is 8. The van der Waals surface area contributed by atoms with Gasteiger partial charge in [0.1, 0.15) is 6.10 Å². The second kappa shape index (κ2) is 9.59. The highest BCUT2D eigenvalue weighted by Crippen LogP contribution is 2.29. The van der Waals surface area contributed by atoms with Crippen LogP contribution in [0.5, 0.6) is 0 Å². The smallest absolute Gasteiger partial charge is 0.341 e. The molecule has 2 aromatic carbocycles. The van der Waals surface area contributed by atoms with Gasteiger partial charge in [-0.1, -0.05) is 54.0 Å². The monoisotopic (exact) mass is 456 g/mol. The molecule has 1 N–H and O–H groups in total.